The quantitative estimate of drug-likeness (QED) is 0.0383. The van der Waals surface area contributed by atoms with Gasteiger partial charge < -0.3 is 85.8 Å². The van der Waals surface area contributed by atoms with E-state index < -0.39 is 91.3 Å². The molecule has 0 amide bonds. The van der Waals surface area contributed by atoms with Gasteiger partial charge in [-0.25, -0.2) is 0 Å². The van der Waals surface area contributed by atoms with Gasteiger partial charge in [0.05, 0.1) is 6.61 Å². The van der Waals surface area contributed by atoms with Crippen LogP contribution in [0.5, 0.6) is 0 Å². The second kappa shape index (κ2) is 25.9. The molecule has 0 bridgehead atoms. The molecule has 0 aromatic heterocycles. The first-order chi connectivity index (χ1) is 21.8. The Balaban J connectivity index is -0.00000736. The van der Waals surface area contributed by atoms with Gasteiger partial charge in [0.2, 0.25) is 0 Å². The summed E-state index contributed by atoms with van der Waals surface area (Å²) in [7, 11) is -17.4. The van der Waals surface area contributed by atoms with Gasteiger partial charge >= 0.3 is 11.9 Å². The zero-order valence-corrected chi connectivity index (χ0v) is 31.9. The predicted molar refractivity (Wildman–Crippen MR) is 171 cm³/mol. The first kappa shape index (κ1) is 53.4. The van der Waals surface area contributed by atoms with Gasteiger partial charge in [-0.05, 0) is 12.8 Å². The number of rotatable bonds is 24. The van der Waals surface area contributed by atoms with Gasteiger partial charge in [0.25, 0.3) is 23.5 Å². The molecule has 0 radical (unpaired) electrons. The molecule has 1 fully saturated rings. The summed E-state index contributed by atoms with van der Waals surface area (Å²) >= 11 is 0. The smallest absolute Gasteiger partial charge is 0.306 e. The lowest BCUT2D eigenvalue weighted by Crippen LogP contribution is -2.65. The average molecular weight is 798 g/mol. The van der Waals surface area contributed by atoms with Gasteiger partial charge in [-0.15, -0.1) is 0 Å². The monoisotopic (exact) mass is 797 g/mol. The molecule has 1 saturated carbocycles. The normalized spacial score (nSPS) is 26.0. The molecule has 0 aliphatic heterocycles. The van der Waals surface area contributed by atoms with E-state index in [0.717, 1.165) is 51.4 Å². The Labute approximate surface area is 291 Å². The van der Waals surface area contributed by atoms with Crippen molar-refractivity contribution in [2.75, 3.05) is 13.2 Å². The Bertz CT molecular complexity index is 1100. The molecule has 0 saturated heterocycles. The Morgan fingerprint density at radius 3 is 1.50 bits per heavy atom. The highest BCUT2D eigenvalue weighted by molar-refractivity contribution is 7.46. The maximum Gasteiger partial charge on any atom is 0.306 e. The summed E-state index contributed by atoms with van der Waals surface area (Å²) in [6.07, 6.45) is -8.69. The first-order valence-electron chi connectivity index (χ1n) is 15.3. The molecule has 0 aromatic rings. The number of ether oxygens (including phenoxy) is 2. The summed E-state index contributed by atoms with van der Waals surface area (Å²) in [5.41, 5.74) is 0. The third-order valence-electron chi connectivity index (χ3n) is 6.90. The van der Waals surface area contributed by atoms with Crippen molar-refractivity contribution in [3.8, 4) is 0 Å². The highest BCUT2D eigenvalue weighted by atomic mass is 31.2. The van der Waals surface area contributed by atoms with Crippen molar-refractivity contribution in [2.45, 2.75) is 134 Å². The number of carbonyl (C=O) groups excluding carboxylic acids is 2. The van der Waals surface area contributed by atoms with Crippen LogP contribution in [0.3, 0.4) is 0 Å². The van der Waals surface area contributed by atoms with Crippen molar-refractivity contribution >= 4 is 35.4 Å². The van der Waals surface area contributed by atoms with Crippen LogP contribution in [0.25, 0.3) is 0 Å². The predicted octanol–water partition coefficient (Wildman–Crippen LogP) is 0.949. The van der Waals surface area contributed by atoms with Crippen molar-refractivity contribution in [2.24, 2.45) is 0 Å². The van der Waals surface area contributed by atoms with Crippen molar-refractivity contribution in [1.29, 1.82) is 0 Å². The summed E-state index contributed by atoms with van der Waals surface area (Å²) in [5, 5.41) is 31.2. The fourth-order valence-electron chi connectivity index (χ4n) is 4.56. The Hall–Kier alpha value is -0.970. The number of carbonyl (C=O) groups is 2. The van der Waals surface area contributed by atoms with Crippen LogP contribution in [-0.4, -0.2) is 93.0 Å². The van der Waals surface area contributed by atoms with E-state index in [4.69, 9.17) is 23.8 Å². The Kier molecular flexibility index (Phi) is 27.7. The fraction of sp³-hybridized carbons (Fsp3) is 0.920. The summed E-state index contributed by atoms with van der Waals surface area (Å²) in [6, 6.07) is 0. The number of quaternary nitrogens is 3. The highest BCUT2D eigenvalue weighted by Gasteiger charge is 2.54. The van der Waals surface area contributed by atoms with Crippen LogP contribution in [0.2, 0.25) is 0 Å². The van der Waals surface area contributed by atoms with Crippen LogP contribution in [0.15, 0.2) is 0 Å². The Morgan fingerprint density at radius 1 is 0.620 bits per heavy atom. The minimum Gasteiger partial charge on any atom is -0.756 e. The van der Waals surface area contributed by atoms with Crippen molar-refractivity contribution in [3.05, 3.63) is 0 Å². The van der Waals surface area contributed by atoms with Crippen molar-refractivity contribution in [3.63, 3.8) is 0 Å². The van der Waals surface area contributed by atoms with E-state index in [0.29, 0.717) is 12.8 Å². The molecule has 1 aliphatic rings. The average Bonchev–Trinajstić information content (AvgIpc) is 2.96. The zero-order valence-electron chi connectivity index (χ0n) is 29.2. The number of hydrogen-bond acceptors (Lipinski definition) is 17. The third kappa shape index (κ3) is 22.2. The molecule has 17 N–H and O–H groups in total. The van der Waals surface area contributed by atoms with Crippen LogP contribution in [0, 0.1) is 0 Å². The van der Waals surface area contributed by atoms with E-state index in [2.05, 4.69) is 13.6 Å². The number of phosphoric ester groups is 3. The number of aliphatic hydroxyl groups excluding tert-OH is 3. The van der Waals surface area contributed by atoms with Crippen LogP contribution in [0.4, 0.5) is 0 Å². The molecule has 1 aliphatic carbocycles. The lowest BCUT2D eigenvalue weighted by molar-refractivity contribution is -0.280. The van der Waals surface area contributed by atoms with Gasteiger partial charge in [-0.3, -0.25) is 23.3 Å². The zero-order chi connectivity index (χ0) is 35.8. The third-order valence-corrected chi connectivity index (χ3v) is 8.88. The van der Waals surface area contributed by atoms with E-state index >= 15 is 0 Å². The van der Waals surface area contributed by atoms with Gasteiger partial charge in [0.1, 0.15) is 43.2 Å². The van der Waals surface area contributed by atoms with Gasteiger partial charge in [-0.2, -0.15) is 0 Å². The van der Waals surface area contributed by atoms with Crippen LogP contribution in [0.1, 0.15) is 90.9 Å². The molecular formula is C25H58N3O19P3. The van der Waals surface area contributed by atoms with Crippen molar-refractivity contribution < 1.29 is 90.6 Å². The molecule has 25 heteroatoms. The lowest BCUT2D eigenvalue weighted by Gasteiger charge is -2.47. The first-order valence-corrected chi connectivity index (χ1v) is 19.7. The van der Waals surface area contributed by atoms with E-state index in [1.165, 1.54) is 0 Å². The molecule has 0 aromatic carbocycles. The van der Waals surface area contributed by atoms with Crippen LogP contribution in [-0.2, 0) is 50.9 Å². The van der Waals surface area contributed by atoms with E-state index in [1.807, 2.05) is 13.8 Å². The summed E-state index contributed by atoms with van der Waals surface area (Å²) in [6.45, 7) is 2.45. The molecular weight excluding hydrogens is 739 g/mol. The topological polar surface area (TPSA) is 421 Å². The molecule has 50 heavy (non-hydrogen) atoms. The fourth-order valence-corrected chi connectivity index (χ4v) is 6.62. The van der Waals surface area contributed by atoms with Crippen LogP contribution < -0.4 is 33.1 Å². The second-order valence-electron chi connectivity index (χ2n) is 11.0. The van der Waals surface area contributed by atoms with E-state index in [1.54, 1.807) is 0 Å². The SMILES string of the molecule is CCCCCCCC(=O)OC[C@H](COP(=O)([O-])O[C@@H]1[C@H](O)[C@H](O)[C@@H](OP(=O)([O-])O)[C@H](OP(=O)([O-])O)[C@H]1O)OC(=O)CCCCCCC.[NH4+].[NH4+].[NH4+]. The minimum atomic E-state index is -5.86. The van der Waals surface area contributed by atoms with Gasteiger partial charge in [-0.1, -0.05) is 65.2 Å². The molecule has 302 valence electrons. The maximum absolute atomic E-state index is 12.7. The molecule has 1 rings (SSSR count). The largest absolute Gasteiger partial charge is 0.756 e. The van der Waals surface area contributed by atoms with E-state index in [9.17, 15) is 53.3 Å². The maximum atomic E-state index is 12.7. The highest BCUT2D eigenvalue weighted by Crippen LogP contribution is 2.47. The van der Waals surface area contributed by atoms with E-state index in [-0.39, 0.29) is 31.3 Å². The summed E-state index contributed by atoms with van der Waals surface area (Å²) in [5.74, 6) is -1.38. The molecule has 0 heterocycles. The number of unbranched alkanes of at least 4 members (excludes halogenated alkanes) is 8. The molecule has 10 atom stereocenters. The second-order valence-corrected chi connectivity index (χ2v) is 14.6. The summed E-state index contributed by atoms with van der Waals surface area (Å²) in [4.78, 5) is 77.8. The number of hydrogen-bond donors (Lipinski definition) is 8. The Morgan fingerprint density at radius 2 is 1.04 bits per heavy atom. The number of aliphatic hydroxyl groups is 3. The molecule has 0 spiro atoms. The summed E-state index contributed by atoms with van der Waals surface area (Å²) < 4.78 is 63.1. The lowest BCUT2D eigenvalue weighted by atomic mass is 9.85. The van der Waals surface area contributed by atoms with Gasteiger partial charge in [0, 0.05) is 12.8 Å². The minimum absolute atomic E-state index is 0. The number of esters is 2. The molecule has 3 unspecified atom stereocenters. The van der Waals surface area contributed by atoms with Crippen molar-refractivity contribution in [1.82, 2.24) is 18.5 Å². The number of phosphoric acid groups is 3. The van der Waals surface area contributed by atoms with Gasteiger partial charge in [0.15, 0.2) is 6.10 Å². The molecule has 22 nitrogen and oxygen atoms in total. The van der Waals surface area contributed by atoms with Crippen LogP contribution >= 0.6 is 23.5 Å². The standard InChI is InChI=1S/C25H49O19P3.3H3N/c1-3-5-7-9-11-13-18(26)39-15-17(41-19(27)14-12-10-8-6-4-2)16-40-47(37,38)44-23-20(28)21(29)24(42-45(31,32)33)25(22(23)30)43-46(34,35)36;;;/h17,20-25,28-30H,3-16H2,1-2H3,(H,37,38)(H2,31,32,33)(H2,34,35,36);3*1H3/t17-,20-,21+,22+,23-,24-,25-;;;/m1.../s1.